The Bertz CT molecular complexity index is 645. The van der Waals surface area contributed by atoms with Crippen molar-refractivity contribution in [3.63, 3.8) is 0 Å². The van der Waals surface area contributed by atoms with Gasteiger partial charge in [-0.3, -0.25) is 4.79 Å². The van der Waals surface area contributed by atoms with Gasteiger partial charge in [0.25, 0.3) is 0 Å². The van der Waals surface area contributed by atoms with Crippen molar-refractivity contribution < 1.29 is 9.90 Å². The standard InChI is InChI=1S/C14H13NO2S/c1-7-3-9(16)4-10-12(17)5-11(13(7)10)14-8(2)15-6-18-14/h3-4,6,11,16H,5H2,1-2H3. The van der Waals surface area contributed by atoms with Gasteiger partial charge in [-0.1, -0.05) is 0 Å². The monoisotopic (exact) mass is 259 g/mol. The van der Waals surface area contributed by atoms with Gasteiger partial charge in [-0.15, -0.1) is 11.3 Å². The highest BCUT2D eigenvalue weighted by molar-refractivity contribution is 7.09. The van der Waals surface area contributed by atoms with E-state index in [-0.39, 0.29) is 17.5 Å². The van der Waals surface area contributed by atoms with Crippen LogP contribution in [0.5, 0.6) is 5.75 Å². The molecule has 0 radical (unpaired) electrons. The molecule has 1 unspecified atom stereocenters. The van der Waals surface area contributed by atoms with Crippen LogP contribution in [0.3, 0.4) is 0 Å². The van der Waals surface area contributed by atoms with Crippen LogP contribution in [0.2, 0.25) is 0 Å². The van der Waals surface area contributed by atoms with E-state index in [9.17, 15) is 9.90 Å². The van der Waals surface area contributed by atoms with Gasteiger partial charge in [-0.2, -0.15) is 0 Å². The summed E-state index contributed by atoms with van der Waals surface area (Å²) in [7, 11) is 0. The maximum Gasteiger partial charge on any atom is 0.164 e. The number of hydrogen-bond acceptors (Lipinski definition) is 4. The molecule has 1 aliphatic rings. The first-order chi connectivity index (χ1) is 8.58. The molecule has 3 rings (SSSR count). The molecule has 0 bridgehead atoms. The average Bonchev–Trinajstić information content (AvgIpc) is 2.84. The first-order valence-electron chi connectivity index (χ1n) is 5.84. The lowest BCUT2D eigenvalue weighted by Gasteiger charge is -2.12. The number of thiazole rings is 1. The molecule has 1 aliphatic carbocycles. The van der Waals surface area contributed by atoms with Gasteiger partial charge in [0.15, 0.2) is 5.78 Å². The van der Waals surface area contributed by atoms with E-state index >= 15 is 0 Å². The molecule has 1 aromatic carbocycles. The third-order valence-corrected chi connectivity index (χ3v) is 4.55. The number of ketones is 1. The van der Waals surface area contributed by atoms with E-state index in [0.717, 1.165) is 21.7 Å². The molecule has 0 amide bonds. The Labute approximate surface area is 109 Å². The van der Waals surface area contributed by atoms with Gasteiger partial charge in [0.2, 0.25) is 0 Å². The molecule has 2 aromatic rings. The Morgan fingerprint density at radius 3 is 2.83 bits per heavy atom. The van der Waals surface area contributed by atoms with Crippen LogP contribution in [0.1, 0.15) is 44.4 Å². The average molecular weight is 259 g/mol. The van der Waals surface area contributed by atoms with Crippen molar-refractivity contribution in [2.24, 2.45) is 0 Å². The summed E-state index contributed by atoms with van der Waals surface area (Å²) in [6.45, 7) is 3.92. The smallest absolute Gasteiger partial charge is 0.164 e. The lowest BCUT2D eigenvalue weighted by Crippen LogP contribution is -1.98. The van der Waals surface area contributed by atoms with E-state index < -0.39 is 0 Å². The van der Waals surface area contributed by atoms with Gasteiger partial charge in [-0.05, 0) is 37.1 Å². The minimum absolute atomic E-state index is 0.112. The van der Waals surface area contributed by atoms with Crippen molar-refractivity contribution in [2.75, 3.05) is 0 Å². The number of aromatic hydroxyl groups is 1. The molecule has 4 heteroatoms. The number of carbonyl (C=O) groups is 1. The second-order valence-corrected chi connectivity index (χ2v) is 5.59. The zero-order valence-electron chi connectivity index (χ0n) is 10.2. The number of phenolic OH excluding ortho intramolecular Hbond substituents is 1. The van der Waals surface area contributed by atoms with Crippen LogP contribution >= 0.6 is 11.3 Å². The quantitative estimate of drug-likeness (QED) is 0.855. The predicted molar refractivity (Wildman–Crippen MR) is 70.5 cm³/mol. The molecule has 3 nitrogen and oxygen atoms in total. The third-order valence-electron chi connectivity index (χ3n) is 3.51. The molecule has 0 saturated carbocycles. The second kappa shape index (κ2) is 3.92. The summed E-state index contributed by atoms with van der Waals surface area (Å²) in [5.74, 6) is 0.392. The van der Waals surface area contributed by atoms with E-state index in [1.54, 1.807) is 23.5 Å². The van der Waals surface area contributed by atoms with Gasteiger partial charge in [-0.25, -0.2) is 4.98 Å². The minimum atomic E-state index is 0.112. The fraction of sp³-hybridized carbons (Fsp3) is 0.286. The molecule has 1 atom stereocenters. The summed E-state index contributed by atoms with van der Waals surface area (Å²) in [6.07, 6.45) is 0.489. The van der Waals surface area contributed by atoms with Crippen molar-refractivity contribution in [1.29, 1.82) is 0 Å². The van der Waals surface area contributed by atoms with E-state index in [1.165, 1.54) is 0 Å². The molecule has 0 aliphatic heterocycles. The largest absolute Gasteiger partial charge is 0.508 e. The topological polar surface area (TPSA) is 50.2 Å². The Balaban J connectivity index is 2.20. The van der Waals surface area contributed by atoms with Crippen LogP contribution in [0.25, 0.3) is 0 Å². The number of carbonyl (C=O) groups excluding carboxylic acids is 1. The number of aromatic nitrogens is 1. The Kier molecular flexibility index (Phi) is 2.48. The molecule has 0 saturated heterocycles. The zero-order chi connectivity index (χ0) is 12.9. The maximum atomic E-state index is 12.1. The van der Waals surface area contributed by atoms with Gasteiger partial charge in [0.05, 0.1) is 11.2 Å². The number of nitrogens with zero attached hydrogens (tertiary/aromatic N) is 1. The third kappa shape index (κ3) is 1.56. The predicted octanol–water partition coefficient (Wildman–Crippen LogP) is 3.18. The SMILES string of the molecule is Cc1cc(O)cc2c1C(c1scnc1C)CC2=O. The Hall–Kier alpha value is -1.68. The van der Waals surface area contributed by atoms with E-state index in [1.807, 2.05) is 19.4 Å². The molecule has 1 aromatic heterocycles. The molecule has 1 heterocycles. The number of hydrogen-bond donors (Lipinski definition) is 1. The van der Waals surface area contributed by atoms with Crippen LogP contribution in [0, 0.1) is 13.8 Å². The Morgan fingerprint density at radius 1 is 1.39 bits per heavy atom. The lowest BCUT2D eigenvalue weighted by atomic mass is 9.94. The van der Waals surface area contributed by atoms with Crippen molar-refractivity contribution in [2.45, 2.75) is 26.2 Å². The van der Waals surface area contributed by atoms with E-state index in [4.69, 9.17) is 0 Å². The molecule has 1 N–H and O–H groups in total. The van der Waals surface area contributed by atoms with Crippen LogP contribution in [0.15, 0.2) is 17.6 Å². The van der Waals surface area contributed by atoms with Gasteiger partial charge >= 0.3 is 0 Å². The molecule has 92 valence electrons. The van der Waals surface area contributed by atoms with E-state index in [2.05, 4.69) is 4.98 Å². The second-order valence-electron chi connectivity index (χ2n) is 4.71. The van der Waals surface area contributed by atoms with Crippen LogP contribution in [-0.2, 0) is 0 Å². The summed E-state index contributed by atoms with van der Waals surface area (Å²) >= 11 is 1.60. The van der Waals surface area contributed by atoms with Crippen LogP contribution in [-0.4, -0.2) is 15.9 Å². The van der Waals surface area contributed by atoms with Gasteiger partial charge < -0.3 is 5.11 Å². The Morgan fingerprint density at radius 2 is 2.17 bits per heavy atom. The number of rotatable bonds is 1. The molecule has 18 heavy (non-hydrogen) atoms. The fourth-order valence-corrected chi connectivity index (χ4v) is 3.65. The van der Waals surface area contributed by atoms with Crippen molar-refractivity contribution in [3.8, 4) is 5.75 Å². The number of fused-ring (bicyclic) bond motifs is 1. The summed E-state index contributed by atoms with van der Waals surface area (Å²) < 4.78 is 0. The summed E-state index contributed by atoms with van der Waals surface area (Å²) in [5.41, 5.74) is 5.53. The van der Waals surface area contributed by atoms with Gasteiger partial charge in [0, 0.05) is 22.8 Å². The van der Waals surface area contributed by atoms with Crippen molar-refractivity contribution in [1.82, 2.24) is 4.98 Å². The lowest BCUT2D eigenvalue weighted by molar-refractivity contribution is 0.0991. The first kappa shape index (κ1) is 11.4. The minimum Gasteiger partial charge on any atom is -0.508 e. The van der Waals surface area contributed by atoms with Crippen molar-refractivity contribution >= 4 is 17.1 Å². The molecular formula is C14H13NO2S. The molecular weight excluding hydrogens is 246 g/mol. The number of phenols is 1. The van der Waals surface area contributed by atoms with E-state index in [0.29, 0.717) is 12.0 Å². The van der Waals surface area contributed by atoms with Crippen LogP contribution in [0.4, 0.5) is 0 Å². The summed E-state index contributed by atoms with van der Waals surface area (Å²) in [5, 5.41) is 9.60. The van der Waals surface area contributed by atoms with Crippen LogP contribution < -0.4 is 0 Å². The highest BCUT2D eigenvalue weighted by Crippen LogP contribution is 2.43. The highest BCUT2D eigenvalue weighted by atomic mass is 32.1. The van der Waals surface area contributed by atoms with Gasteiger partial charge in [0.1, 0.15) is 5.75 Å². The summed E-state index contributed by atoms with van der Waals surface area (Å²) in [4.78, 5) is 17.5. The zero-order valence-corrected chi connectivity index (χ0v) is 11.0. The molecule has 0 fully saturated rings. The number of aryl methyl sites for hydroxylation is 2. The number of Topliss-reactive ketones (excluding diaryl/α,β-unsaturated/α-hetero) is 1. The highest BCUT2D eigenvalue weighted by Gasteiger charge is 2.34. The number of benzene rings is 1. The summed E-state index contributed by atoms with van der Waals surface area (Å²) in [6, 6.07) is 3.31. The van der Waals surface area contributed by atoms with Crippen molar-refractivity contribution in [3.05, 3.63) is 44.9 Å². The first-order valence-corrected chi connectivity index (χ1v) is 6.72. The fourth-order valence-electron chi connectivity index (χ4n) is 2.74. The molecule has 0 spiro atoms. The normalized spacial score (nSPS) is 18.1. The maximum absolute atomic E-state index is 12.1.